The topological polar surface area (TPSA) is 65.2 Å². The van der Waals surface area contributed by atoms with Gasteiger partial charge in [0.05, 0.1) is 13.7 Å². The standard InChI is InChI=1S/C8H10N2O2.ClH/c1-12-8-3-2-6(5-10-8)7(11)4-9;/h2-3,5H,4,9H2,1H3;1H. The lowest BCUT2D eigenvalue weighted by molar-refractivity contribution is 0.100. The van der Waals surface area contributed by atoms with Crippen molar-refractivity contribution >= 4 is 18.2 Å². The molecule has 72 valence electrons. The van der Waals surface area contributed by atoms with Crippen molar-refractivity contribution in [3.8, 4) is 5.88 Å². The predicted octanol–water partition coefficient (Wildman–Crippen LogP) is 0.653. The molecule has 0 aliphatic carbocycles. The Labute approximate surface area is 82.5 Å². The van der Waals surface area contributed by atoms with Gasteiger partial charge in [-0.05, 0) is 6.07 Å². The molecule has 1 rings (SSSR count). The highest BCUT2D eigenvalue weighted by molar-refractivity contribution is 5.97. The van der Waals surface area contributed by atoms with Crippen molar-refractivity contribution in [2.45, 2.75) is 0 Å². The minimum Gasteiger partial charge on any atom is -0.481 e. The summed E-state index contributed by atoms with van der Waals surface area (Å²) in [6.07, 6.45) is 1.45. The summed E-state index contributed by atoms with van der Waals surface area (Å²) in [5, 5.41) is 0. The van der Waals surface area contributed by atoms with Gasteiger partial charge in [-0.2, -0.15) is 0 Å². The second-order valence-corrected chi connectivity index (χ2v) is 2.22. The first kappa shape index (κ1) is 11.9. The zero-order valence-corrected chi connectivity index (χ0v) is 8.00. The molecule has 0 amide bonds. The summed E-state index contributed by atoms with van der Waals surface area (Å²) in [6.45, 7) is 0.00795. The molecule has 0 aromatic carbocycles. The lowest BCUT2D eigenvalue weighted by Crippen LogP contribution is -2.13. The van der Waals surface area contributed by atoms with Gasteiger partial charge in [0.2, 0.25) is 5.88 Å². The molecule has 1 heterocycles. The van der Waals surface area contributed by atoms with E-state index >= 15 is 0 Å². The molecule has 13 heavy (non-hydrogen) atoms. The third-order valence-electron chi connectivity index (χ3n) is 1.45. The third-order valence-corrected chi connectivity index (χ3v) is 1.45. The van der Waals surface area contributed by atoms with Gasteiger partial charge in [0, 0.05) is 17.8 Å². The van der Waals surface area contributed by atoms with E-state index in [4.69, 9.17) is 10.5 Å². The van der Waals surface area contributed by atoms with Crippen LogP contribution in [0.4, 0.5) is 0 Å². The molecule has 1 aromatic heterocycles. The number of ether oxygens (including phenoxy) is 1. The Morgan fingerprint density at radius 2 is 2.31 bits per heavy atom. The summed E-state index contributed by atoms with van der Waals surface area (Å²) in [5.74, 6) is 0.369. The van der Waals surface area contributed by atoms with Crippen molar-refractivity contribution in [2.75, 3.05) is 13.7 Å². The molecule has 1 aromatic rings. The predicted molar refractivity (Wildman–Crippen MR) is 51.4 cm³/mol. The highest BCUT2D eigenvalue weighted by atomic mass is 35.5. The van der Waals surface area contributed by atoms with E-state index in [1.54, 1.807) is 12.1 Å². The number of nitrogens with two attached hydrogens (primary N) is 1. The molecule has 0 radical (unpaired) electrons. The van der Waals surface area contributed by atoms with Gasteiger partial charge in [0.25, 0.3) is 0 Å². The fourth-order valence-corrected chi connectivity index (χ4v) is 0.784. The number of hydrogen-bond donors (Lipinski definition) is 1. The molecule has 0 saturated carbocycles. The lowest BCUT2D eigenvalue weighted by Gasteiger charge is -1.99. The van der Waals surface area contributed by atoms with Crippen LogP contribution in [0.5, 0.6) is 5.88 Å². The van der Waals surface area contributed by atoms with Gasteiger partial charge in [0.15, 0.2) is 5.78 Å². The molecule has 2 N–H and O–H groups in total. The number of aromatic nitrogens is 1. The number of carbonyl (C=O) groups excluding carboxylic acids is 1. The van der Waals surface area contributed by atoms with Crippen molar-refractivity contribution in [3.05, 3.63) is 23.9 Å². The molecule has 0 spiro atoms. The van der Waals surface area contributed by atoms with Gasteiger partial charge >= 0.3 is 0 Å². The molecular formula is C8H11ClN2O2. The van der Waals surface area contributed by atoms with Crippen molar-refractivity contribution in [1.29, 1.82) is 0 Å². The molecule has 5 heteroatoms. The van der Waals surface area contributed by atoms with Crippen molar-refractivity contribution in [1.82, 2.24) is 4.98 Å². The molecule has 0 bridgehead atoms. The van der Waals surface area contributed by atoms with E-state index in [1.807, 2.05) is 0 Å². The van der Waals surface area contributed by atoms with E-state index < -0.39 is 0 Å². The van der Waals surface area contributed by atoms with Crippen LogP contribution >= 0.6 is 12.4 Å². The highest BCUT2D eigenvalue weighted by Gasteiger charge is 2.02. The minimum absolute atomic E-state index is 0. The number of pyridine rings is 1. The molecule has 4 nitrogen and oxygen atoms in total. The van der Waals surface area contributed by atoms with Crippen LogP contribution in [0.3, 0.4) is 0 Å². The molecule has 0 fully saturated rings. The molecule has 0 unspecified atom stereocenters. The summed E-state index contributed by atoms with van der Waals surface area (Å²) in [6, 6.07) is 3.27. The third kappa shape index (κ3) is 3.01. The fraction of sp³-hybridized carbons (Fsp3) is 0.250. The first-order valence-corrected chi connectivity index (χ1v) is 3.51. The Kier molecular flexibility index (Phi) is 5.03. The number of carbonyl (C=O) groups is 1. The van der Waals surface area contributed by atoms with E-state index in [0.29, 0.717) is 11.4 Å². The van der Waals surface area contributed by atoms with Gasteiger partial charge in [0.1, 0.15) is 0 Å². The maximum absolute atomic E-state index is 11.0. The van der Waals surface area contributed by atoms with Gasteiger partial charge in [-0.15, -0.1) is 12.4 Å². The smallest absolute Gasteiger partial charge is 0.212 e. The minimum atomic E-state index is -0.120. The fourth-order valence-electron chi connectivity index (χ4n) is 0.784. The van der Waals surface area contributed by atoms with Crippen molar-refractivity contribution in [3.63, 3.8) is 0 Å². The van der Waals surface area contributed by atoms with Gasteiger partial charge in [-0.25, -0.2) is 4.98 Å². The Balaban J connectivity index is 0.00000144. The number of rotatable bonds is 3. The zero-order chi connectivity index (χ0) is 8.97. The van der Waals surface area contributed by atoms with E-state index in [0.717, 1.165) is 0 Å². The summed E-state index contributed by atoms with van der Waals surface area (Å²) in [7, 11) is 1.52. The van der Waals surface area contributed by atoms with Gasteiger partial charge in [-0.1, -0.05) is 0 Å². The number of ketones is 1. The average molecular weight is 203 g/mol. The van der Waals surface area contributed by atoms with Crippen LogP contribution in [0.15, 0.2) is 18.3 Å². The first-order valence-electron chi connectivity index (χ1n) is 3.51. The molecule has 0 saturated heterocycles. The van der Waals surface area contributed by atoms with Crippen LogP contribution in [-0.4, -0.2) is 24.4 Å². The first-order chi connectivity index (χ1) is 5.77. The van der Waals surface area contributed by atoms with Crippen molar-refractivity contribution in [2.24, 2.45) is 5.73 Å². The SMILES string of the molecule is COc1ccc(C(=O)CN)cn1.Cl. The number of Topliss-reactive ketones (excluding diaryl/α,β-unsaturated/α-hetero) is 1. The second kappa shape index (κ2) is 5.50. The van der Waals surface area contributed by atoms with Gasteiger partial charge < -0.3 is 10.5 Å². The molecule has 0 aliphatic heterocycles. The van der Waals surface area contributed by atoms with Crippen LogP contribution in [0.25, 0.3) is 0 Å². The molecular weight excluding hydrogens is 192 g/mol. The maximum atomic E-state index is 11.0. The highest BCUT2D eigenvalue weighted by Crippen LogP contribution is 2.06. The lowest BCUT2D eigenvalue weighted by atomic mass is 10.2. The zero-order valence-electron chi connectivity index (χ0n) is 7.19. The monoisotopic (exact) mass is 202 g/mol. The van der Waals surface area contributed by atoms with Crippen LogP contribution in [0.1, 0.15) is 10.4 Å². The molecule has 0 aliphatic rings. The summed E-state index contributed by atoms with van der Waals surface area (Å²) < 4.78 is 4.83. The second-order valence-electron chi connectivity index (χ2n) is 2.22. The van der Waals surface area contributed by atoms with E-state index in [2.05, 4.69) is 4.98 Å². The van der Waals surface area contributed by atoms with Gasteiger partial charge in [-0.3, -0.25) is 4.79 Å². The van der Waals surface area contributed by atoms with E-state index in [9.17, 15) is 4.79 Å². The van der Waals surface area contributed by atoms with E-state index in [-0.39, 0.29) is 24.7 Å². The number of methoxy groups -OCH3 is 1. The number of hydrogen-bond acceptors (Lipinski definition) is 4. The van der Waals surface area contributed by atoms with Crippen LogP contribution in [0.2, 0.25) is 0 Å². The average Bonchev–Trinajstić information content (AvgIpc) is 2.17. The van der Waals surface area contributed by atoms with Crippen LogP contribution in [-0.2, 0) is 0 Å². The molecule has 0 atom stereocenters. The largest absolute Gasteiger partial charge is 0.481 e. The Bertz CT molecular complexity index is 274. The maximum Gasteiger partial charge on any atom is 0.212 e. The normalized spacial score (nSPS) is 8.77. The number of halogens is 1. The number of nitrogens with zero attached hydrogens (tertiary/aromatic N) is 1. The summed E-state index contributed by atoms with van der Waals surface area (Å²) in [4.78, 5) is 14.9. The van der Waals surface area contributed by atoms with Crippen LogP contribution < -0.4 is 10.5 Å². The summed E-state index contributed by atoms with van der Waals surface area (Å²) >= 11 is 0. The van der Waals surface area contributed by atoms with Crippen LogP contribution in [0, 0.1) is 0 Å². The Morgan fingerprint density at radius 1 is 1.62 bits per heavy atom. The Morgan fingerprint density at radius 3 is 2.69 bits per heavy atom. The van der Waals surface area contributed by atoms with E-state index in [1.165, 1.54) is 13.3 Å². The Hall–Kier alpha value is -1.13. The summed E-state index contributed by atoms with van der Waals surface area (Å²) in [5.41, 5.74) is 5.68. The van der Waals surface area contributed by atoms with Crippen molar-refractivity contribution < 1.29 is 9.53 Å². The quantitative estimate of drug-likeness (QED) is 0.732.